The fourth-order valence-electron chi connectivity index (χ4n) is 1.52. The highest BCUT2D eigenvalue weighted by Crippen LogP contribution is 2.11. The highest BCUT2D eigenvalue weighted by atomic mass is 16.3. The quantitative estimate of drug-likeness (QED) is 0.554. The lowest BCUT2D eigenvalue weighted by molar-refractivity contribution is -0.120. The largest absolute Gasteiger partial charge is 0.391 e. The molecule has 0 saturated heterocycles. The molecule has 0 aromatic heterocycles. The van der Waals surface area contributed by atoms with Gasteiger partial charge in [-0.05, 0) is 12.5 Å². The number of hydrogen-bond donors (Lipinski definition) is 3. The minimum atomic E-state index is -0.425. The molecule has 15 heavy (non-hydrogen) atoms. The zero-order chi connectivity index (χ0) is 11.7. The van der Waals surface area contributed by atoms with Crippen LogP contribution in [0.3, 0.4) is 0 Å². The molecule has 0 aromatic carbocycles. The van der Waals surface area contributed by atoms with Gasteiger partial charge in [0.2, 0.25) is 5.91 Å². The second kappa shape index (κ2) is 8.68. The number of aliphatic hydroxyl groups is 1. The second-order valence-corrected chi connectivity index (χ2v) is 3.73. The summed E-state index contributed by atoms with van der Waals surface area (Å²) in [7, 11) is 0. The topological polar surface area (TPSA) is 61.4 Å². The summed E-state index contributed by atoms with van der Waals surface area (Å²) in [5.41, 5.74) is 0. The van der Waals surface area contributed by atoms with Crippen molar-refractivity contribution in [3.63, 3.8) is 0 Å². The van der Waals surface area contributed by atoms with Crippen LogP contribution in [0.1, 0.15) is 33.6 Å². The molecule has 0 aliphatic rings. The third-order valence-corrected chi connectivity index (χ3v) is 2.64. The molecule has 0 saturated carbocycles. The first kappa shape index (κ1) is 14.4. The SMILES string of the molecule is CCNCC(=O)NCC(O)C(CC)CC. The third kappa shape index (κ3) is 6.47. The van der Waals surface area contributed by atoms with Crippen molar-refractivity contribution in [2.75, 3.05) is 19.6 Å². The van der Waals surface area contributed by atoms with Crippen LogP contribution in [0.15, 0.2) is 0 Å². The highest BCUT2D eigenvalue weighted by molar-refractivity contribution is 5.77. The van der Waals surface area contributed by atoms with E-state index in [1.807, 2.05) is 6.92 Å². The molecular weight excluding hydrogens is 192 g/mol. The number of amides is 1. The van der Waals surface area contributed by atoms with E-state index in [1.165, 1.54) is 0 Å². The standard InChI is InChI=1S/C11H24N2O2/c1-4-9(5-2)10(14)7-13-11(15)8-12-6-3/h9-10,12,14H,4-8H2,1-3H3,(H,13,15). The number of hydrogen-bond acceptors (Lipinski definition) is 3. The van der Waals surface area contributed by atoms with Crippen molar-refractivity contribution in [2.45, 2.75) is 39.7 Å². The van der Waals surface area contributed by atoms with Crippen LogP contribution in [0.2, 0.25) is 0 Å². The maximum atomic E-state index is 11.2. The molecule has 0 bridgehead atoms. The normalized spacial score (nSPS) is 12.9. The Kier molecular flexibility index (Phi) is 8.33. The molecule has 0 radical (unpaired) electrons. The molecule has 0 fully saturated rings. The molecule has 1 amide bonds. The van der Waals surface area contributed by atoms with Gasteiger partial charge < -0.3 is 15.7 Å². The highest BCUT2D eigenvalue weighted by Gasteiger charge is 2.15. The molecule has 0 rings (SSSR count). The molecule has 3 N–H and O–H groups in total. The first-order chi connectivity index (χ1) is 7.15. The van der Waals surface area contributed by atoms with Gasteiger partial charge in [-0.15, -0.1) is 0 Å². The van der Waals surface area contributed by atoms with E-state index in [9.17, 15) is 9.90 Å². The summed E-state index contributed by atoms with van der Waals surface area (Å²) in [6.45, 7) is 7.52. The van der Waals surface area contributed by atoms with Gasteiger partial charge in [0.25, 0.3) is 0 Å². The van der Waals surface area contributed by atoms with E-state index in [4.69, 9.17) is 0 Å². The van der Waals surface area contributed by atoms with Gasteiger partial charge in [0.1, 0.15) is 0 Å². The van der Waals surface area contributed by atoms with E-state index in [0.717, 1.165) is 19.4 Å². The lowest BCUT2D eigenvalue weighted by Crippen LogP contribution is -2.40. The fraction of sp³-hybridized carbons (Fsp3) is 0.909. The first-order valence-corrected chi connectivity index (χ1v) is 5.81. The van der Waals surface area contributed by atoms with Crippen molar-refractivity contribution in [3.8, 4) is 0 Å². The number of likely N-dealkylation sites (N-methyl/N-ethyl adjacent to an activating group) is 1. The maximum Gasteiger partial charge on any atom is 0.234 e. The van der Waals surface area contributed by atoms with Gasteiger partial charge in [-0.2, -0.15) is 0 Å². The summed E-state index contributed by atoms with van der Waals surface area (Å²) in [5.74, 6) is 0.228. The monoisotopic (exact) mass is 216 g/mol. The van der Waals surface area contributed by atoms with Gasteiger partial charge in [-0.25, -0.2) is 0 Å². The van der Waals surface area contributed by atoms with Crippen LogP contribution in [-0.2, 0) is 4.79 Å². The minimum absolute atomic E-state index is 0.0538. The predicted octanol–water partition coefficient (Wildman–Crippen LogP) is 0.509. The number of carbonyl (C=O) groups is 1. The molecule has 0 aliphatic heterocycles. The maximum absolute atomic E-state index is 11.2. The van der Waals surface area contributed by atoms with Crippen LogP contribution in [0.4, 0.5) is 0 Å². The number of aliphatic hydroxyl groups excluding tert-OH is 1. The van der Waals surface area contributed by atoms with E-state index in [-0.39, 0.29) is 11.8 Å². The van der Waals surface area contributed by atoms with Crippen LogP contribution in [-0.4, -0.2) is 36.8 Å². The van der Waals surface area contributed by atoms with Crippen molar-refractivity contribution in [1.82, 2.24) is 10.6 Å². The number of rotatable bonds is 8. The van der Waals surface area contributed by atoms with Gasteiger partial charge in [0.05, 0.1) is 12.6 Å². The van der Waals surface area contributed by atoms with Crippen molar-refractivity contribution >= 4 is 5.91 Å². The van der Waals surface area contributed by atoms with Gasteiger partial charge in [0, 0.05) is 6.54 Å². The van der Waals surface area contributed by atoms with Gasteiger partial charge in [0.15, 0.2) is 0 Å². The number of nitrogens with one attached hydrogen (secondary N) is 2. The lowest BCUT2D eigenvalue weighted by atomic mass is 9.96. The van der Waals surface area contributed by atoms with E-state index in [1.54, 1.807) is 0 Å². The summed E-state index contributed by atoms with van der Waals surface area (Å²) < 4.78 is 0. The van der Waals surface area contributed by atoms with Crippen molar-refractivity contribution in [3.05, 3.63) is 0 Å². The van der Waals surface area contributed by atoms with Crippen LogP contribution in [0.25, 0.3) is 0 Å². The van der Waals surface area contributed by atoms with Crippen molar-refractivity contribution < 1.29 is 9.90 Å². The second-order valence-electron chi connectivity index (χ2n) is 3.73. The van der Waals surface area contributed by atoms with E-state index in [0.29, 0.717) is 13.1 Å². The van der Waals surface area contributed by atoms with Crippen LogP contribution >= 0.6 is 0 Å². The average Bonchev–Trinajstić information content (AvgIpc) is 2.25. The molecule has 4 nitrogen and oxygen atoms in total. The molecule has 90 valence electrons. The Labute approximate surface area is 92.4 Å². The van der Waals surface area contributed by atoms with Gasteiger partial charge in [-0.3, -0.25) is 4.79 Å². The first-order valence-electron chi connectivity index (χ1n) is 5.81. The average molecular weight is 216 g/mol. The molecular formula is C11H24N2O2. The Morgan fingerprint density at radius 3 is 2.33 bits per heavy atom. The van der Waals surface area contributed by atoms with Gasteiger partial charge >= 0.3 is 0 Å². The third-order valence-electron chi connectivity index (χ3n) is 2.64. The van der Waals surface area contributed by atoms with Crippen molar-refractivity contribution in [2.24, 2.45) is 5.92 Å². The smallest absolute Gasteiger partial charge is 0.234 e. The van der Waals surface area contributed by atoms with Crippen LogP contribution in [0.5, 0.6) is 0 Å². The van der Waals surface area contributed by atoms with E-state index < -0.39 is 6.10 Å². The zero-order valence-electron chi connectivity index (χ0n) is 10.0. The van der Waals surface area contributed by atoms with E-state index >= 15 is 0 Å². The Balaban J connectivity index is 3.68. The van der Waals surface area contributed by atoms with Crippen LogP contribution in [0, 0.1) is 5.92 Å². The fourth-order valence-corrected chi connectivity index (χ4v) is 1.52. The van der Waals surface area contributed by atoms with E-state index in [2.05, 4.69) is 24.5 Å². The Bertz CT molecular complexity index is 170. The molecule has 1 atom stereocenters. The Morgan fingerprint density at radius 1 is 1.27 bits per heavy atom. The van der Waals surface area contributed by atoms with Gasteiger partial charge in [-0.1, -0.05) is 33.6 Å². The molecule has 0 aromatic rings. The summed E-state index contributed by atoms with van der Waals surface area (Å²) >= 11 is 0. The van der Waals surface area contributed by atoms with Crippen molar-refractivity contribution in [1.29, 1.82) is 0 Å². The van der Waals surface area contributed by atoms with Crippen LogP contribution < -0.4 is 10.6 Å². The summed E-state index contributed by atoms with van der Waals surface area (Å²) in [6.07, 6.45) is 1.46. The Hall–Kier alpha value is -0.610. The predicted molar refractivity (Wildman–Crippen MR) is 61.6 cm³/mol. The Morgan fingerprint density at radius 2 is 1.87 bits per heavy atom. The molecule has 0 spiro atoms. The molecule has 0 heterocycles. The minimum Gasteiger partial charge on any atom is -0.391 e. The summed E-state index contributed by atoms with van der Waals surface area (Å²) in [4.78, 5) is 11.2. The molecule has 4 heteroatoms. The summed E-state index contributed by atoms with van der Waals surface area (Å²) in [5, 5.41) is 15.4. The zero-order valence-corrected chi connectivity index (χ0v) is 10.0. The lowest BCUT2D eigenvalue weighted by Gasteiger charge is -2.20. The number of carbonyl (C=O) groups excluding carboxylic acids is 1. The summed E-state index contributed by atoms with van der Waals surface area (Å²) in [6, 6.07) is 0. The molecule has 0 aliphatic carbocycles. The molecule has 1 unspecified atom stereocenters.